The summed E-state index contributed by atoms with van der Waals surface area (Å²) in [5.41, 5.74) is 3.42. The monoisotopic (exact) mass is 507 g/mol. The average Bonchev–Trinajstić information content (AvgIpc) is 3.36. The molecule has 6 rings (SSSR count). The predicted octanol–water partition coefficient (Wildman–Crippen LogP) is 4.86. The van der Waals surface area contributed by atoms with Crippen LogP contribution in [0.15, 0.2) is 72.8 Å². The number of anilines is 2. The highest BCUT2D eigenvalue weighted by Gasteiger charge is 2.70. The third kappa shape index (κ3) is 3.06. The summed E-state index contributed by atoms with van der Waals surface area (Å²) < 4.78 is 0. The molecule has 1 fully saturated rings. The fourth-order valence-electron chi connectivity index (χ4n) is 6.65. The second-order valence-electron chi connectivity index (χ2n) is 10.3. The van der Waals surface area contributed by atoms with Crippen LogP contribution in [-0.4, -0.2) is 34.5 Å². The molecule has 8 nitrogen and oxygen atoms in total. The lowest BCUT2D eigenvalue weighted by Crippen LogP contribution is -2.51. The standard InChI is InChI=1S/C30H25N3O5/c1-16-11-12-24-21(13-16)17(2)14-25-30(22-9-4-5-10-23(22)31-29(30)36)26(27(18(3)34)32(24)25)28(35)19-7-6-8-20(15-19)33(37)38/h4-15,25-27H,1-3H3,(H,31,36)/t25-,26+,27-,30-/m1/s1. The van der Waals surface area contributed by atoms with Crippen molar-refractivity contribution in [2.75, 3.05) is 10.2 Å². The van der Waals surface area contributed by atoms with E-state index < -0.39 is 34.1 Å². The maximum absolute atomic E-state index is 14.4. The van der Waals surface area contributed by atoms with Gasteiger partial charge < -0.3 is 10.2 Å². The lowest BCUT2D eigenvalue weighted by atomic mass is 9.64. The highest BCUT2D eigenvalue weighted by molar-refractivity contribution is 6.17. The largest absolute Gasteiger partial charge is 0.352 e. The van der Waals surface area contributed by atoms with Crippen LogP contribution in [0.25, 0.3) is 5.57 Å². The molecule has 3 aliphatic rings. The van der Waals surface area contributed by atoms with Crippen molar-refractivity contribution < 1.29 is 19.3 Å². The van der Waals surface area contributed by atoms with Crippen LogP contribution in [0.3, 0.4) is 0 Å². The molecule has 8 heteroatoms. The molecule has 4 atom stereocenters. The molecule has 38 heavy (non-hydrogen) atoms. The molecule has 0 aliphatic carbocycles. The van der Waals surface area contributed by atoms with Gasteiger partial charge in [-0.15, -0.1) is 0 Å². The number of Topliss-reactive ketones (excluding diaryl/α,β-unsaturated/α-hetero) is 2. The van der Waals surface area contributed by atoms with Crippen molar-refractivity contribution in [1.29, 1.82) is 0 Å². The number of hydrogen-bond donors (Lipinski definition) is 1. The molecule has 1 amide bonds. The number of amides is 1. The molecular weight excluding hydrogens is 482 g/mol. The Morgan fingerprint density at radius 3 is 2.53 bits per heavy atom. The van der Waals surface area contributed by atoms with Crippen LogP contribution in [0, 0.1) is 23.0 Å². The van der Waals surface area contributed by atoms with Gasteiger partial charge in [0.25, 0.3) is 5.69 Å². The Morgan fingerprint density at radius 2 is 1.79 bits per heavy atom. The number of nitrogens with zero attached hydrogens (tertiary/aromatic N) is 2. The van der Waals surface area contributed by atoms with Gasteiger partial charge >= 0.3 is 0 Å². The zero-order valence-electron chi connectivity index (χ0n) is 21.1. The third-order valence-electron chi connectivity index (χ3n) is 8.17. The fourth-order valence-corrected chi connectivity index (χ4v) is 6.65. The Bertz CT molecular complexity index is 1610. The van der Waals surface area contributed by atoms with E-state index in [9.17, 15) is 24.5 Å². The Hall–Kier alpha value is -4.59. The number of nitrogens with one attached hydrogen (secondary N) is 1. The Balaban J connectivity index is 1.67. The number of nitro groups is 1. The maximum atomic E-state index is 14.4. The highest BCUT2D eigenvalue weighted by atomic mass is 16.6. The number of aryl methyl sites for hydroxylation is 1. The highest BCUT2D eigenvalue weighted by Crippen LogP contribution is 2.58. The van der Waals surface area contributed by atoms with Gasteiger partial charge in [0, 0.05) is 34.6 Å². The van der Waals surface area contributed by atoms with Gasteiger partial charge in [-0.2, -0.15) is 0 Å². The molecular formula is C30H25N3O5. The number of benzene rings is 3. The average molecular weight is 508 g/mol. The van der Waals surface area contributed by atoms with Crippen LogP contribution in [0.2, 0.25) is 0 Å². The number of ketones is 2. The number of carbonyl (C=O) groups excluding carboxylic acids is 3. The van der Waals surface area contributed by atoms with Crippen LogP contribution in [0.5, 0.6) is 0 Å². The van der Waals surface area contributed by atoms with E-state index in [1.807, 2.05) is 61.2 Å². The number of non-ortho nitro benzene ring substituents is 1. The van der Waals surface area contributed by atoms with Gasteiger partial charge in [0.1, 0.15) is 5.41 Å². The quantitative estimate of drug-likeness (QED) is 0.307. The minimum absolute atomic E-state index is 0.0942. The number of rotatable bonds is 4. The number of allylic oxidation sites excluding steroid dienone is 1. The second kappa shape index (κ2) is 8.21. The maximum Gasteiger partial charge on any atom is 0.270 e. The summed E-state index contributed by atoms with van der Waals surface area (Å²) >= 11 is 0. The Kier molecular flexibility index (Phi) is 5.14. The lowest BCUT2D eigenvalue weighted by Gasteiger charge is -2.39. The van der Waals surface area contributed by atoms with E-state index in [1.54, 1.807) is 6.07 Å². The number of nitro benzene ring substituents is 1. The van der Waals surface area contributed by atoms with Crippen LogP contribution >= 0.6 is 0 Å². The Labute approximate surface area is 219 Å². The first-order valence-corrected chi connectivity index (χ1v) is 12.4. The molecule has 3 heterocycles. The van der Waals surface area contributed by atoms with Crippen molar-refractivity contribution in [1.82, 2.24) is 0 Å². The van der Waals surface area contributed by atoms with Crippen LogP contribution in [0.1, 0.15) is 40.9 Å². The van der Waals surface area contributed by atoms with E-state index in [4.69, 9.17) is 0 Å². The van der Waals surface area contributed by atoms with Crippen LogP contribution < -0.4 is 10.2 Å². The molecule has 1 saturated heterocycles. The van der Waals surface area contributed by atoms with Crippen molar-refractivity contribution in [3.8, 4) is 0 Å². The molecule has 0 unspecified atom stereocenters. The first-order chi connectivity index (χ1) is 18.2. The van der Waals surface area contributed by atoms with E-state index >= 15 is 0 Å². The molecule has 1 N–H and O–H groups in total. The normalized spacial score (nSPS) is 24.8. The summed E-state index contributed by atoms with van der Waals surface area (Å²) in [6, 6.07) is 17.1. The zero-order chi connectivity index (χ0) is 26.9. The number of para-hydroxylation sites is 1. The summed E-state index contributed by atoms with van der Waals surface area (Å²) in [7, 11) is 0. The van der Waals surface area contributed by atoms with Gasteiger partial charge in [-0.1, -0.05) is 48.0 Å². The van der Waals surface area contributed by atoms with Crippen molar-refractivity contribution in [2.24, 2.45) is 5.92 Å². The third-order valence-corrected chi connectivity index (χ3v) is 8.17. The molecule has 0 bridgehead atoms. The fraction of sp³-hybridized carbons (Fsp3) is 0.233. The smallest absolute Gasteiger partial charge is 0.270 e. The van der Waals surface area contributed by atoms with Gasteiger partial charge in [0.05, 0.1) is 22.9 Å². The summed E-state index contributed by atoms with van der Waals surface area (Å²) in [5.74, 6) is -2.21. The van der Waals surface area contributed by atoms with Gasteiger partial charge in [-0.05, 0) is 50.1 Å². The van der Waals surface area contributed by atoms with Crippen LogP contribution in [0.4, 0.5) is 17.1 Å². The molecule has 1 spiro atoms. The van der Waals surface area contributed by atoms with Crippen molar-refractivity contribution in [2.45, 2.75) is 38.3 Å². The summed E-state index contributed by atoms with van der Waals surface area (Å²) in [6.07, 6.45) is 1.99. The topological polar surface area (TPSA) is 110 Å². The van der Waals surface area contributed by atoms with Gasteiger partial charge in [-0.3, -0.25) is 24.5 Å². The van der Waals surface area contributed by atoms with Crippen LogP contribution in [-0.2, 0) is 15.0 Å². The van der Waals surface area contributed by atoms with E-state index in [-0.39, 0.29) is 22.9 Å². The summed E-state index contributed by atoms with van der Waals surface area (Å²) in [5, 5.41) is 14.5. The number of carbonyl (C=O) groups is 3. The lowest BCUT2D eigenvalue weighted by molar-refractivity contribution is -0.384. The number of hydrogen-bond acceptors (Lipinski definition) is 6. The van der Waals surface area contributed by atoms with E-state index in [0.717, 1.165) is 22.4 Å². The first-order valence-electron chi connectivity index (χ1n) is 12.4. The first kappa shape index (κ1) is 23.8. The summed E-state index contributed by atoms with van der Waals surface area (Å²) in [6.45, 7) is 5.40. The van der Waals surface area contributed by atoms with E-state index in [1.165, 1.54) is 31.2 Å². The van der Waals surface area contributed by atoms with E-state index in [0.29, 0.717) is 11.3 Å². The summed E-state index contributed by atoms with van der Waals surface area (Å²) in [4.78, 5) is 54.9. The molecule has 0 radical (unpaired) electrons. The molecule has 3 aromatic carbocycles. The molecule has 190 valence electrons. The molecule has 3 aliphatic heterocycles. The van der Waals surface area contributed by atoms with E-state index in [2.05, 4.69) is 5.32 Å². The molecule has 0 aromatic heterocycles. The molecule has 0 saturated carbocycles. The van der Waals surface area contributed by atoms with Gasteiger partial charge in [0.15, 0.2) is 11.6 Å². The predicted molar refractivity (Wildman–Crippen MR) is 143 cm³/mol. The minimum Gasteiger partial charge on any atom is -0.352 e. The van der Waals surface area contributed by atoms with Gasteiger partial charge in [-0.25, -0.2) is 0 Å². The van der Waals surface area contributed by atoms with Crippen molar-refractivity contribution in [3.63, 3.8) is 0 Å². The minimum atomic E-state index is -1.42. The SMILES string of the molecule is CC(=O)[C@@H]1[C@@H](C(=O)c2cccc([N+](=O)[O-])c2)[C@]2(C(=O)Nc3ccccc32)[C@H]2C=C(C)c3cc(C)ccc3N12. The zero-order valence-corrected chi connectivity index (χ0v) is 21.1. The Morgan fingerprint density at radius 1 is 1.03 bits per heavy atom. The number of fused-ring (bicyclic) bond motifs is 6. The second-order valence-corrected chi connectivity index (χ2v) is 10.3. The molecule has 3 aromatic rings. The van der Waals surface area contributed by atoms with Crippen molar-refractivity contribution >= 4 is 40.1 Å². The van der Waals surface area contributed by atoms with Crippen molar-refractivity contribution in [3.05, 3.63) is 105 Å². The van der Waals surface area contributed by atoms with Gasteiger partial charge in [0.2, 0.25) is 5.91 Å².